The van der Waals surface area contributed by atoms with Gasteiger partial charge in [0.1, 0.15) is 5.00 Å². The Balaban J connectivity index is 2.22. The molecule has 0 bridgehead atoms. The number of thiophene rings is 1. The number of hydrogen-bond donors (Lipinski definition) is 3. The Hall–Kier alpha value is -2.15. The zero-order chi connectivity index (χ0) is 16.4. The van der Waals surface area contributed by atoms with Gasteiger partial charge in [0.25, 0.3) is 5.91 Å². The van der Waals surface area contributed by atoms with E-state index >= 15 is 0 Å². The first-order valence-corrected chi connectivity index (χ1v) is 7.75. The highest BCUT2D eigenvalue weighted by Crippen LogP contribution is 2.35. The number of anilines is 1. The van der Waals surface area contributed by atoms with Gasteiger partial charge < -0.3 is 16.2 Å². The number of carbonyl (C=O) groups excluding carboxylic acids is 2. The fourth-order valence-corrected chi connectivity index (χ4v) is 3.43. The lowest BCUT2D eigenvalue weighted by Gasteiger charge is -2.29. The average Bonchev–Trinajstić information content (AvgIpc) is 2.89. The van der Waals surface area contributed by atoms with Crippen molar-refractivity contribution < 1.29 is 19.5 Å². The molecule has 0 saturated carbocycles. The van der Waals surface area contributed by atoms with E-state index in [1.807, 2.05) is 13.8 Å². The van der Waals surface area contributed by atoms with Gasteiger partial charge in [-0.2, -0.15) is 0 Å². The maximum Gasteiger partial charge on any atom is 0.307 e. The first-order chi connectivity index (χ1) is 10.3. The number of hydrogen-bond acceptors (Lipinski definition) is 4. The summed E-state index contributed by atoms with van der Waals surface area (Å²) < 4.78 is 0. The molecule has 0 saturated heterocycles. The molecule has 0 aromatic carbocycles. The molecule has 1 aromatic rings. The van der Waals surface area contributed by atoms with E-state index in [4.69, 9.17) is 5.73 Å². The van der Waals surface area contributed by atoms with Crippen molar-refractivity contribution in [1.82, 2.24) is 0 Å². The Morgan fingerprint density at radius 1 is 1.23 bits per heavy atom. The summed E-state index contributed by atoms with van der Waals surface area (Å²) in [5.74, 6) is -3.39. The fraction of sp³-hybridized carbons (Fsp3) is 0.400. The van der Waals surface area contributed by atoms with Crippen LogP contribution in [0.4, 0.5) is 5.00 Å². The summed E-state index contributed by atoms with van der Waals surface area (Å²) in [6.45, 7) is 3.80. The molecule has 0 spiro atoms. The highest BCUT2D eigenvalue weighted by atomic mass is 32.1. The number of carbonyl (C=O) groups is 3. The molecule has 2 atom stereocenters. The highest BCUT2D eigenvalue weighted by molar-refractivity contribution is 7.14. The molecular weight excluding hydrogens is 304 g/mol. The van der Waals surface area contributed by atoms with E-state index in [0.29, 0.717) is 17.8 Å². The molecule has 2 amide bonds. The lowest BCUT2D eigenvalue weighted by atomic mass is 9.76. The molecular formula is C15H18N2O4S. The smallest absolute Gasteiger partial charge is 0.307 e. The minimum absolute atomic E-state index is 0.240. The fourth-order valence-electron chi connectivity index (χ4n) is 2.63. The van der Waals surface area contributed by atoms with Crippen molar-refractivity contribution in [2.24, 2.45) is 17.6 Å². The molecule has 1 aliphatic rings. The van der Waals surface area contributed by atoms with Gasteiger partial charge in [-0.05, 0) is 38.1 Å². The predicted molar refractivity (Wildman–Crippen MR) is 83.7 cm³/mol. The topological polar surface area (TPSA) is 109 Å². The summed E-state index contributed by atoms with van der Waals surface area (Å²) in [7, 11) is 0. The maximum absolute atomic E-state index is 12.5. The normalized spacial score (nSPS) is 21.5. The van der Waals surface area contributed by atoms with Crippen LogP contribution in [0.3, 0.4) is 0 Å². The minimum atomic E-state index is -0.978. The van der Waals surface area contributed by atoms with Crippen LogP contribution in [0, 0.1) is 11.8 Å². The number of nitrogens with one attached hydrogen (secondary N) is 1. The average molecular weight is 322 g/mol. The van der Waals surface area contributed by atoms with E-state index in [0.717, 1.165) is 11.1 Å². The van der Waals surface area contributed by atoms with Crippen LogP contribution in [0.25, 0.3) is 0 Å². The van der Waals surface area contributed by atoms with Gasteiger partial charge in [0.05, 0.1) is 17.4 Å². The molecule has 0 unspecified atom stereocenters. The minimum Gasteiger partial charge on any atom is -0.481 e. The zero-order valence-electron chi connectivity index (χ0n) is 12.4. The number of rotatable bonds is 4. The third-order valence-electron chi connectivity index (χ3n) is 4.09. The molecule has 0 radical (unpaired) electrons. The number of nitrogens with two attached hydrogens (primary N) is 1. The molecule has 2 rings (SSSR count). The van der Waals surface area contributed by atoms with Crippen LogP contribution in [0.1, 0.15) is 37.0 Å². The van der Waals surface area contributed by atoms with Crippen LogP contribution in [0.15, 0.2) is 22.6 Å². The molecule has 0 aliphatic heterocycles. The molecule has 118 valence electrons. The Labute approximate surface area is 132 Å². The van der Waals surface area contributed by atoms with Crippen molar-refractivity contribution >= 4 is 34.1 Å². The van der Waals surface area contributed by atoms with Crippen LogP contribution in [-0.4, -0.2) is 22.9 Å². The Kier molecular flexibility index (Phi) is 4.65. The van der Waals surface area contributed by atoms with Crippen molar-refractivity contribution in [2.45, 2.75) is 26.7 Å². The Morgan fingerprint density at radius 3 is 2.36 bits per heavy atom. The summed E-state index contributed by atoms with van der Waals surface area (Å²) in [5, 5.41) is 14.0. The van der Waals surface area contributed by atoms with Crippen molar-refractivity contribution in [3.05, 3.63) is 28.2 Å². The van der Waals surface area contributed by atoms with E-state index in [2.05, 4.69) is 5.32 Å². The van der Waals surface area contributed by atoms with Crippen molar-refractivity contribution in [2.75, 3.05) is 5.32 Å². The molecule has 1 heterocycles. The van der Waals surface area contributed by atoms with E-state index in [-0.39, 0.29) is 11.5 Å². The van der Waals surface area contributed by atoms with Crippen molar-refractivity contribution in [3.63, 3.8) is 0 Å². The summed E-state index contributed by atoms with van der Waals surface area (Å²) in [6.07, 6.45) is 0.776. The van der Waals surface area contributed by atoms with Gasteiger partial charge in [-0.25, -0.2) is 0 Å². The van der Waals surface area contributed by atoms with Crippen LogP contribution in [0.5, 0.6) is 0 Å². The second-order valence-corrected chi connectivity index (χ2v) is 6.45. The second kappa shape index (κ2) is 6.31. The summed E-state index contributed by atoms with van der Waals surface area (Å²) in [6, 6.07) is 1.54. The number of aliphatic carboxylic acids is 1. The molecule has 0 fully saturated rings. The van der Waals surface area contributed by atoms with Crippen molar-refractivity contribution in [3.8, 4) is 0 Å². The lowest BCUT2D eigenvalue weighted by Crippen LogP contribution is -2.36. The first kappa shape index (κ1) is 16.2. The molecule has 6 nitrogen and oxygen atoms in total. The van der Waals surface area contributed by atoms with E-state index in [1.54, 1.807) is 5.38 Å². The van der Waals surface area contributed by atoms with Gasteiger partial charge in [-0.3, -0.25) is 14.4 Å². The predicted octanol–water partition coefficient (Wildman–Crippen LogP) is 2.23. The van der Waals surface area contributed by atoms with Gasteiger partial charge in [-0.1, -0.05) is 11.1 Å². The van der Waals surface area contributed by atoms with Crippen LogP contribution < -0.4 is 11.1 Å². The largest absolute Gasteiger partial charge is 0.481 e. The number of amides is 2. The lowest BCUT2D eigenvalue weighted by molar-refractivity contribution is -0.146. The third-order valence-corrected chi connectivity index (χ3v) is 4.92. The first-order valence-electron chi connectivity index (χ1n) is 6.87. The monoisotopic (exact) mass is 322 g/mol. The van der Waals surface area contributed by atoms with E-state index in [1.165, 1.54) is 17.4 Å². The van der Waals surface area contributed by atoms with Gasteiger partial charge >= 0.3 is 5.97 Å². The second-order valence-electron chi connectivity index (χ2n) is 5.54. The standard InChI is InChI=1S/C15H18N2O4S/c1-7-5-10(11(15(20)21)6-8(7)2)13(19)17-14-9(12(16)18)3-4-22-14/h3-4,10-11H,5-6H2,1-2H3,(H2,16,18)(H,17,19)(H,20,21)/t10-,11+/m1/s1. The van der Waals surface area contributed by atoms with Crippen LogP contribution in [0.2, 0.25) is 0 Å². The third kappa shape index (κ3) is 3.19. The molecule has 22 heavy (non-hydrogen) atoms. The number of allylic oxidation sites excluding steroid dienone is 2. The van der Waals surface area contributed by atoms with Gasteiger partial charge in [0, 0.05) is 0 Å². The Bertz CT molecular complexity index is 662. The maximum atomic E-state index is 12.5. The number of carboxylic acids is 1. The van der Waals surface area contributed by atoms with Gasteiger partial charge in [-0.15, -0.1) is 11.3 Å². The van der Waals surface area contributed by atoms with E-state index < -0.39 is 23.7 Å². The van der Waals surface area contributed by atoms with Gasteiger partial charge in [0.15, 0.2) is 0 Å². The molecule has 1 aliphatic carbocycles. The highest BCUT2D eigenvalue weighted by Gasteiger charge is 2.37. The summed E-state index contributed by atoms with van der Waals surface area (Å²) in [5.41, 5.74) is 7.54. The summed E-state index contributed by atoms with van der Waals surface area (Å²) >= 11 is 1.19. The molecule has 7 heteroatoms. The Morgan fingerprint density at radius 2 is 1.82 bits per heavy atom. The summed E-state index contributed by atoms with van der Waals surface area (Å²) in [4.78, 5) is 35.2. The zero-order valence-corrected chi connectivity index (χ0v) is 13.2. The SMILES string of the molecule is CC1=C(C)C[C@@H](C(=O)Nc2sccc2C(N)=O)[C@@H](C(=O)O)C1. The van der Waals surface area contributed by atoms with Crippen LogP contribution in [-0.2, 0) is 9.59 Å². The number of carboxylic acid groups (broad SMARTS) is 1. The quantitative estimate of drug-likeness (QED) is 0.738. The molecule has 4 N–H and O–H groups in total. The van der Waals surface area contributed by atoms with Crippen molar-refractivity contribution in [1.29, 1.82) is 0 Å². The number of primary amides is 1. The van der Waals surface area contributed by atoms with Crippen LogP contribution >= 0.6 is 11.3 Å². The van der Waals surface area contributed by atoms with E-state index in [9.17, 15) is 19.5 Å². The molecule has 1 aromatic heterocycles. The van der Waals surface area contributed by atoms with Gasteiger partial charge in [0.2, 0.25) is 5.91 Å².